The maximum atomic E-state index is 13.5. The van der Waals surface area contributed by atoms with Gasteiger partial charge < -0.3 is 4.74 Å². The van der Waals surface area contributed by atoms with E-state index in [-0.39, 0.29) is 22.7 Å². The molecule has 0 spiro atoms. The van der Waals surface area contributed by atoms with Gasteiger partial charge in [-0.2, -0.15) is 19.3 Å². The molecule has 0 amide bonds. The summed E-state index contributed by atoms with van der Waals surface area (Å²) in [6.45, 7) is 3.14. The molecule has 5 aromatic rings. The number of fused-ring (bicyclic) bond motifs is 2. The summed E-state index contributed by atoms with van der Waals surface area (Å²) >= 11 is 0. The Labute approximate surface area is 230 Å². The summed E-state index contributed by atoms with van der Waals surface area (Å²) in [5, 5.41) is 13.5. The number of halogens is 1. The van der Waals surface area contributed by atoms with Crippen molar-refractivity contribution in [1.82, 2.24) is 34.1 Å². The molecule has 1 aliphatic carbocycles. The van der Waals surface area contributed by atoms with Gasteiger partial charge in [0.05, 0.1) is 30.2 Å². The minimum atomic E-state index is -3.81. The molecule has 1 saturated carbocycles. The second-order valence-corrected chi connectivity index (χ2v) is 12.3. The van der Waals surface area contributed by atoms with E-state index in [1.807, 2.05) is 25.1 Å². The van der Waals surface area contributed by atoms with Crippen molar-refractivity contribution in [2.75, 3.05) is 19.7 Å². The van der Waals surface area contributed by atoms with E-state index in [0.717, 1.165) is 27.7 Å². The lowest BCUT2D eigenvalue weighted by molar-refractivity contribution is 0.253. The van der Waals surface area contributed by atoms with Gasteiger partial charge in [-0.1, -0.05) is 6.07 Å². The Bertz CT molecular complexity index is 1840. The molecular formula is C28H26FN7O3S. The van der Waals surface area contributed by atoms with Crippen molar-refractivity contribution in [3.05, 3.63) is 90.1 Å². The number of sulfonamides is 1. The van der Waals surface area contributed by atoms with Crippen LogP contribution in [-0.4, -0.2) is 62.2 Å². The molecule has 3 atom stereocenters. The first kappa shape index (κ1) is 24.9. The van der Waals surface area contributed by atoms with Gasteiger partial charge in [0.25, 0.3) is 10.0 Å². The van der Waals surface area contributed by atoms with Gasteiger partial charge in [-0.05, 0) is 66.4 Å². The summed E-state index contributed by atoms with van der Waals surface area (Å²) in [6.07, 6.45) is 4.76. The van der Waals surface area contributed by atoms with Crippen LogP contribution in [0.25, 0.3) is 16.6 Å². The maximum absolute atomic E-state index is 13.5. The highest BCUT2D eigenvalue weighted by atomic mass is 32.2. The molecule has 10 nitrogen and oxygen atoms in total. The number of rotatable bonds is 7. The van der Waals surface area contributed by atoms with Gasteiger partial charge in [-0.3, -0.25) is 0 Å². The Morgan fingerprint density at radius 3 is 2.65 bits per heavy atom. The summed E-state index contributed by atoms with van der Waals surface area (Å²) in [5.41, 5.74) is 3.33. The molecule has 0 N–H and O–H groups in total. The van der Waals surface area contributed by atoms with E-state index in [2.05, 4.69) is 32.4 Å². The molecule has 40 heavy (non-hydrogen) atoms. The number of aryl methyl sites for hydroxylation is 2. The second-order valence-electron chi connectivity index (χ2n) is 10.5. The molecule has 1 aliphatic heterocycles. The van der Waals surface area contributed by atoms with Crippen LogP contribution in [0.4, 0.5) is 4.39 Å². The van der Waals surface area contributed by atoms with E-state index in [1.165, 1.54) is 27.4 Å². The van der Waals surface area contributed by atoms with Crippen molar-refractivity contribution in [2.45, 2.75) is 17.4 Å². The topological polar surface area (TPSA) is 108 Å². The van der Waals surface area contributed by atoms with E-state index in [4.69, 9.17) is 4.74 Å². The third kappa shape index (κ3) is 3.81. The number of benzene rings is 2. The van der Waals surface area contributed by atoms with Crippen molar-refractivity contribution in [3.8, 4) is 11.6 Å². The van der Waals surface area contributed by atoms with Gasteiger partial charge in [-0.15, -0.1) is 5.10 Å². The van der Waals surface area contributed by atoms with Crippen LogP contribution in [0.2, 0.25) is 0 Å². The number of hydrogen-bond donors (Lipinski definition) is 0. The van der Waals surface area contributed by atoms with Crippen LogP contribution in [0.1, 0.15) is 11.1 Å². The fourth-order valence-electron chi connectivity index (χ4n) is 6.29. The number of nitrogens with zero attached hydrogens (tertiary/aromatic N) is 7. The predicted molar refractivity (Wildman–Crippen MR) is 144 cm³/mol. The van der Waals surface area contributed by atoms with Gasteiger partial charge in [0.1, 0.15) is 5.82 Å². The van der Waals surface area contributed by atoms with E-state index >= 15 is 0 Å². The first-order valence-corrected chi connectivity index (χ1v) is 14.4. The average Bonchev–Trinajstić information content (AvgIpc) is 3.40. The Kier molecular flexibility index (Phi) is 5.55. The highest BCUT2D eigenvalue weighted by Crippen LogP contribution is 2.65. The molecular weight excluding hydrogens is 533 g/mol. The normalized spacial score (nSPS) is 22.5. The van der Waals surface area contributed by atoms with E-state index in [9.17, 15) is 12.8 Å². The second kappa shape index (κ2) is 8.93. The fraction of sp³-hybridized carbons (Fsp3) is 0.286. The highest BCUT2D eigenvalue weighted by Gasteiger charge is 2.71. The van der Waals surface area contributed by atoms with E-state index in [0.29, 0.717) is 25.6 Å². The monoisotopic (exact) mass is 559 g/mol. The minimum absolute atomic E-state index is 0.0551. The molecule has 0 radical (unpaired) electrons. The zero-order valence-electron chi connectivity index (χ0n) is 21.8. The van der Waals surface area contributed by atoms with Crippen molar-refractivity contribution in [3.63, 3.8) is 0 Å². The lowest BCUT2D eigenvalue weighted by Crippen LogP contribution is -2.36. The zero-order valence-corrected chi connectivity index (χ0v) is 22.7. The number of hydrogen-bond acceptors (Lipinski definition) is 7. The van der Waals surface area contributed by atoms with Crippen LogP contribution in [0.5, 0.6) is 5.88 Å². The first-order chi connectivity index (χ1) is 19.3. The molecule has 204 valence electrons. The average molecular weight is 560 g/mol. The van der Waals surface area contributed by atoms with Crippen LogP contribution >= 0.6 is 0 Å². The molecule has 2 fully saturated rings. The molecule has 3 aromatic heterocycles. The summed E-state index contributed by atoms with van der Waals surface area (Å²) in [7, 11) is -2.21. The van der Waals surface area contributed by atoms with Crippen LogP contribution in [0.3, 0.4) is 0 Å². The van der Waals surface area contributed by atoms with Crippen molar-refractivity contribution >= 4 is 20.9 Å². The summed E-state index contributed by atoms with van der Waals surface area (Å²) in [6, 6.07) is 15.9. The Morgan fingerprint density at radius 2 is 1.93 bits per heavy atom. The molecule has 7 rings (SSSR count). The van der Waals surface area contributed by atoms with Gasteiger partial charge in [-0.25, -0.2) is 22.5 Å². The minimum Gasteiger partial charge on any atom is -0.477 e. The molecule has 12 heteroatoms. The summed E-state index contributed by atoms with van der Waals surface area (Å²) in [5.74, 6) is 0.398. The third-order valence-corrected chi connectivity index (χ3v) is 9.93. The Hall–Kier alpha value is -4.16. The van der Waals surface area contributed by atoms with Crippen molar-refractivity contribution < 1.29 is 17.5 Å². The van der Waals surface area contributed by atoms with Gasteiger partial charge in [0.15, 0.2) is 0 Å². The van der Waals surface area contributed by atoms with Crippen LogP contribution in [0.15, 0.2) is 78.2 Å². The van der Waals surface area contributed by atoms with E-state index < -0.39 is 15.4 Å². The van der Waals surface area contributed by atoms with Gasteiger partial charge in [0, 0.05) is 49.1 Å². The van der Waals surface area contributed by atoms with Crippen LogP contribution in [0, 0.1) is 24.6 Å². The molecule has 0 bridgehead atoms. The molecule has 0 unspecified atom stereocenters. The molecule has 4 heterocycles. The van der Waals surface area contributed by atoms with Crippen molar-refractivity contribution in [1.29, 1.82) is 0 Å². The summed E-state index contributed by atoms with van der Waals surface area (Å²) in [4.78, 5) is 5.53. The number of piperidine rings is 1. The molecule has 2 aliphatic rings. The quantitative estimate of drug-likeness (QED) is 0.301. The standard InChI is InChI=1S/C28H26FN7O3S/c1-18-11-25-19(13-32-36(25)21-8-6-20(29)7-9-21)12-22(18)28-17-35(40(37,38)27-14-31-34(2)33-27)15-23(28)24(28)16-39-26-5-3-4-10-30-26/h3-14,23-24H,15-17H2,1-2H3/t23-,24-,28+/m0/s1. The number of ether oxygens (including phenoxy) is 1. The largest absolute Gasteiger partial charge is 0.477 e. The molecule has 2 aromatic carbocycles. The Morgan fingerprint density at radius 1 is 1.10 bits per heavy atom. The fourth-order valence-corrected chi connectivity index (χ4v) is 7.70. The lowest BCUT2D eigenvalue weighted by Gasteiger charge is -2.24. The molecule has 1 saturated heterocycles. The third-order valence-electron chi connectivity index (χ3n) is 8.26. The smallest absolute Gasteiger partial charge is 0.264 e. The van der Waals surface area contributed by atoms with Gasteiger partial charge in [0.2, 0.25) is 10.9 Å². The number of aromatic nitrogens is 6. The SMILES string of the molecule is Cc1cc2c(cnn2-c2ccc(F)cc2)cc1[C@]12CN(S(=O)(=O)c3cnn(C)n3)C[C@H]1[C@@H]2COc1ccccn1. The number of pyridine rings is 1. The van der Waals surface area contributed by atoms with E-state index in [1.54, 1.807) is 36.3 Å². The first-order valence-electron chi connectivity index (χ1n) is 12.9. The van der Waals surface area contributed by atoms with Crippen molar-refractivity contribution in [2.24, 2.45) is 18.9 Å². The Balaban J connectivity index is 1.26. The maximum Gasteiger partial charge on any atom is 0.264 e. The van der Waals surface area contributed by atoms with Gasteiger partial charge >= 0.3 is 0 Å². The summed E-state index contributed by atoms with van der Waals surface area (Å²) < 4.78 is 49.9. The van der Waals surface area contributed by atoms with Crippen LogP contribution in [-0.2, 0) is 22.5 Å². The lowest BCUT2D eigenvalue weighted by atomic mass is 9.88. The predicted octanol–water partition coefficient (Wildman–Crippen LogP) is 3.26. The highest BCUT2D eigenvalue weighted by molar-refractivity contribution is 7.89. The zero-order chi connectivity index (χ0) is 27.6. The van der Waals surface area contributed by atoms with Crippen LogP contribution < -0.4 is 4.74 Å².